The minimum atomic E-state index is 0.852. The van der Waals surface area contributed by atoms with E-state index >= 15 is 0 Å². The SMILES string of the molecule is CCCc1cc(C)c(-c2cc3cnc(NC)cc3c3ccnn23)cn1. The minimum Gasteiger partial charge on any atom is -0.373 e. The van der Waals surface area contributed by atoms with Crippen LogP contribution in [-0.4, -0.2) is 26.6 Å². The Bertz CT molecular complexity index is 1060. The van der Waals surface area contributed by atoms with E-state index < -0.39 is 0 Å². The molecule has 4 heterocycles. The molecule has 5 nitrogen and oxygen atoms in total. The number of aromatic nitrogens is 4. The molecule has 126 valence electrons. The normalized spacial score (nSPS) is 11.3. The Balaban J connectivity index is 1.97. The first-order valence-electron chi connectivity index (χ1n) is 8.61. The molecule has 0 atom stereocenters. The van der Waals surface area contributed by atoms with Gasteiger partial charge in [-0.2, -0.15) is 5.10 Å². The fraction of sp³-hybridized carbons (Fsp3) is 0.250. The molecular weight excluding hydrogens is 310 g/mol. The lowest BCUT2D eigenvalue weighted by Gasteiger charge is -2.12. The first kappa shape index (κ1) is 15.6. The highest BCUT2D eigenvalue weighted by Crippen LogP contribution is 2.30. The van der Waals surface area contributed by atoms with Gasteiger partial charge in [0.2, 0.25) is 0 Å². The van der Waals surface area contributed by atoms with E-state index in [1.165, 1.54) is 5.56 Å². The van der Waals surface area contributed by atoms with Crippen molar-refractivity contribution in [2.75, 3.05) is 12.4 Å². The molecule has 4 aromatic heterocycles. The Hall–Kier alpha value is -2.95. The van der Waals surface area contributed by atoms with Gasteiger partial charge in [0.25, 0.3) is 0 Å². The van der Waals surface area contributed by atoms with Crippen molar-refractivity contribution in [3.63, 3.8) is 0 Å². The van der Waals surface area contributed by atoms with Gasteiger partial charge in [-0.3, -0.25) is 4.98 Å². The van der Waals surface area contributed by atoms with E-state index in [1.807, 2.05) is 36.2 Å². The van der Waals surface area contributed by atoms with Crippen LogP contribution < -0.4 is 5.32 Å². The van der Waals surface area contributed by atoms with Crippen LogP contribution in [0.25, 0.3) is 27.5 Å². The maximum Gasteiger partial charge on any atom is 0.126 e. The molecule has 0 fully saturated rings. The molecule has 0 amide bonds. The number of rotatable bonds is 4. The summed E-state index contributed by atoms with van der Waals surface area (Å²) in [6.07, 6.45) is 7.83. The lowest BCUT2D eigenvalue weighted by Crippen LogP contribution is -2.00. The zero-order valence-corrected chi connectivity index (χ0v) is 14.7. The molecule has 0 spiro atoms. The van der Waals surface area contributed by atoms with Gasteiger partial charge < -0.3 is 5.32 Å². The van der Waals surface area contributed by atoms with Crippen molar-refractivity contribution in [3.05, 3.63) is 54.1 Å². The average Bonchev–Trinajstić information content (AvgIpc) is 3.11. The Morgan fingerprint density at radius 1 is 1.12 bits per heavy atom. The molecule has 0 unspecified atom stereocenters. The van der Waals surface area contributed by atoms with E-state index in [2.05, 4.69) is 52.4 Å². The summed E-state index contributed by atoms with van der Waals surface area (Å²) in [4.78, 5) is 9.09. The molecule has 25 heavy (non-hydrogen) atoms. The van der Waals surface area contributed by atoms with Gasteiger partial charge in [0.1, 0.15) is 5.82 Å². The van der Waals surface area contributed by atoms with Crippen molar-refractivity contribution < 1.29 is 0 Å². The quantitative estimate of drug-likeness (QED) is 0.607. The Kier molecular flexibility index (Phi) is 3.84. The van der Waals surface area contributed by atoms with Crippen molar-refractivity contribution in [1.29, 1.82) is 0 Å². The fourth-order valence-corrected chi connectivity index (χ4v) is 3.31. The lowest BCUT2D eigenvalue weighted by atomic mass is 10.0. The van der Waals surface area contributed by atoms with Crippen molar-refractivity contribution >= 4 is 22.1 Å². The summed E-state index contributed by atoms with van der Waals surface area (Å²) in [6, 6.07) is 8.43. The van der Waals surface area contributed by atoms with Gasteiger partial charge in [0.05, 0.1) is 17.4 Å². The highest BCUT2D eigenvalue weighted by atomic mass is 15.2. The zero-order valence-electron chi connectivity index (χ0n) is 14.7. The average molecular weight is 331 g/mol. The summed E-state index contributed by atoms with van der Waals surface area (Å²) in [5.74, 6) is 0.852. The van der Waals surface area contributed by atoms with Gasteiger partial charge in [-0.15, -0.1) is 0 Å². The number of pyridine rings is 3. The second-order valence-corrected chi connectivity index (χ2v) is 6.31. The Morgan fingerprint density at radius 3 is 2.76 bits per heavy atom. The maximum atomic E-state index is 4.64. The minimum absolute atomic E-state index is 0.852. The topological polar surface area (TPSA) is 55.1 Å². The summed E-state index contributed by atoms with van der Waals surface area (Å²) in [6.45, 7) is 4.31. The molecular formula is C20H21N5. The van der Waals surface area contributed by atoms with Crippen molar-refractivity contribution in [2.24, 2.45) is 0 Å². The van der Waals surface area contributed by atoms with E-state index in [1.54, 1.807) is 0 Å². The summed E-state index contributed by atoms with van der Waals surface area (Å²) in [7, 11) is 1.88. The molecule has 0 bridgehead atoms. The summed E-state index contributed by atoms with van der Waals surface area (Å²) in [5.41, 5.74) is 5.58. The Labute approximate surface area is 146 Å². The second kappa shape index (κ2) is 6.16. The molecule has 1 N–H and O–H groups in total. The predicted octanol–water partition coefficient (Wildman–Crippen LogP) is 4.25. The smallest absolute Gasteiger partial charge is 0.126 e. The van der Waals surface area contributed by atoms with Crippen molar-refractivity contribution in [1.82, 2.24) is 19.6 Å². The molecule has 0 aromatic carbocycles. The number of nitrogens with zero attached hydrogens (tertiary/aromatic N) is 4. The highest BCUT2D eigenvalue weighted by Gasteiger charge is 2.13. The molecule has 0 aliphatic rings. The van der Waals surface area contributed by atoms with Gasteiger partial charge >= 0.3 is 0 Å². The van der Waals surface area contributed by atoms with Crippen LogP contribution in [-0.2, 0) is 6.42 Å². The molecule has 0 aliphatic heterocycles. The highest BCUT2D eigenvalue weighted by molar-refractivity contribution is 5.99. The number of hydrogen-bond donors (Lipinski definition) is 1. The van der Waals surface area contributed by atoms with E-state index in [-0.39, 0.29) is 0 Å². The van der Waals surface area contributed by atoms with E-state index in [0.29, 0.717) is 0 Å². The molecule has 5 heteroatoms. The lowest BCUT2D eigenvalue weighted by molar-refractivity contribution is 0.879. The molecule has 0 aliphatic carbocycles. The van der Waals surface area contributed by atoms with E-state index in [0.717, 1.165) is 51.9 Å². The third kappa shape index (κ3) is 2.61. The van der Waals surface area contributed by atoms with E-state index in [9.17, 15) is 0 Å². The molecule has 0 radical (unpaired) electrons. The number of aryl methyl sites for hydroxylation is 2. The standard InChI is InChI=1S/C20H21N5/c1-4-5-15-8-13(2)17(12-22-15)19-9-14-11-23-20(21-3)10-16(14)18-6-7-24-25(18)19/h6-12H,4-5H2,1-3H3,(H,21,23). The largest absolute Gasteiger partial charge is 0.373 e. The molecule has 4 rings (SSSR count). The summed E-state index contributed by atoms with van der Waals surface area (Å²) >= 11 is 0. The van der Waals surface area contributed by atoms with Gasteiger partial charge in [-0.05, 0) is 43.2 Å². The predicted molar refractivity (Wildman–Crippen MR) is 102 cm³/mol. The summed E-state index contributed by atoms with van der Waals surface area (Å²) < 4.78 is 1.99. The number of fused-ring (bicyclic) bond motifs is 3. The van der Waals surface area contributed by atoms with Crippen LogP contribution in [0.1, 0.15) is 24.6 Å². The number of nitrogens with one attached hydrogen (secondary N) is 1. The zero-order chi connectivity index (χ0) is 17.4. The van der Waals surface area contributed by atoms with Gasteiger partial charge in [0.15, 0.2) is 0 Å². The molecule has 0 saturated heterocycles. The number of hydrogen-bond acceptors (Lipinski definition) is 4. The maximum absolute atomic E-state index is 4.64. The van der Waals surface area contributed by atoms with Gasteiger partial charge in [0, 0.05) is 41.5 Å². The van der Waals surface area contributed by atoms with Crippen LogP contribution in [0.5, 0.6) is 0 Å². The Morgan fingerprint density at radius 2 is 2.00 bits per heavy atom. The third-order valence-electron chi connectivity index (χ3n) is 4.58. The fourth-order valence-electron chi connectivity index (χ4n) is 3.31. The first-order valence-corrected chi connectivity index (χ1v) is 8.61. The van der Waals surface area contributed by atoms with Crippen LogP contribution in [0.3, 0.4) is 0 Å². The molecule has 0 saturated carbocycles. The van der Waals surface area contributed by atoms with Crippen LogP contribution >= 0.6 is 0 Å². The summed E-state index contributed by atoms with van der Waals surface area (Å²) in [5, 5.41) is 9.88. The monoisotopic (exact) mass is 331 g/mol. The van der Waals surface area contributed by atoms with Crippen molar-refractivity contribution in [2.45, 2.75) is 26.7 Å². The second-order valence-electron chi connectivity index (χ2n) is 6.31. The van der Waals surface area contributed by atoms with Crippen LogP contribution in [0.4, 0.5) is 5.82 Å². The van der Waals surface area contributed by atoms with Crippen molar-refractivity contribution in [3.8, 4) is 11.3 Å². The van der Waals surface area contributed by atoms with Crippen LogP contribution in [0.15, 0.2) is 42.9 Å². The van der Waals surface area contributed by atoms with Crippen LogP contribution in [0, 0.1) is 6.92 Å². The number of anilines is 1. The van der Waals surface area contributed by atoms with Gasteiger partial charge in [-0.25, -0.2) is 9.50 Å². The molecule has 4 aromatic rings. The van der Waals surface area contributed by atoms with Gasteiger partial charge in [-0.1, -0.05) is 13.3 Å². The third-order valence-corrected chi connectivity index (χ3v) is 4.58. The van der Waals surface area contributed by atoms with E-state index in [4.69, 9.17) is 0 Å². The van der Waals surface area contributed by atoms with Crippen LogP contribution in [0.2, 0.25) is 0 Å². The first-order chi connectivity index (χ1) is 12.2.